The SMILES string of the molecule is CCCN1CCC[C@@H]1c1ccc(N(C)C)nc1. The molecule has 3 heteroatoms. The van der Waals surface area contributed by atoms with Gasteiger partial charge < -0.3 is 4.90 Å². The molecular weight excluding hydrogens is 210 g/mol. The maximum atomic E-state index is 4.52. The van der Waals surface area contributed by atoms with Crippen LogP contribution in [0.15, 0.2) is 18.3 Å². The van der Waals surface area contributed by atoms with Crippen molar-refractivity contribution in [3.63, 3.8) is 0 Å². The van der Waals surface area contributed by atoms with E-state index in [1.54, 1.807) is 0 Å². The second-order valence-electron chi connectivity index (χ2n) is 5.04. The first-order valence-corrected chi connectivity index (χ1v) is 6.59. The summed E-state index contributed by atoms with van der Waals surface area (Å²) in [6.45, 7) is 4.71. The molecule has 0 aromatic carbocycles. The second-order valence-corrected chi connectivity index (χ2v) is 5.04. The topological polar surface area (TPSA) is 19.4 Å². The van der Waals surface area contributed by atoms with Gasteiger partial charge in [-0.3, -0.25) is 4.90 Å². The minimum Gasteiger partial charge on any atom is -0.363 e. The first-order valence-electron chi connectivity index (χ1n) is 6.59. The van der Waals surface area contributed by atoms with E-state index in [2.05, 4.69) is 28.9 Å². The lowest BCUT2D eigenvalue weighted by Crippen LogP contribution is -2.24. The smallest absolute Gasteiger partial charge is 0.127 e. The number of aromatic nitrogens is 1. The third-order valence-electron chi connectivity index (χ3n) is 3.49. The Kier molecular flexibility index (Phi) is 4.00. The third-order valence-corrected chi connectivity index (χ3v) is 3.49. The molecule has 0 unspecified atom stereocenters. The zero-order valence-electron chi connectivity index (χ0n) is 11.2. The number of hydrogen-bond acceptors (Lipinski definition) is 3. The van der Waals surface area contributed by atoms with Crippen LogP contribution in [0.5, 0.6) is 0 Å². The number of nitrogens with zero attached hydrogens (tertiary/aromatic N) is 3. The van der Waals surface area contributed by atoms with E-state index in [0.29, 0.717) is 6.04 Å². The molecule has 2 heterocycles. The summed E-state index contributed by atoms with van der Waals surface area (Å²) in [4.78, 5) is 9.15. The van der Waals surface area contributed by atoms with Gasteiger partial charge in [-0.2, -0.15) is 0 Å². The van der Waals surface area contributed by atoms with Crippen molar-refractivity contribution in [1.29, 1.82) is 0 Å². The molecule has 0 N–H and O–H groups in total. The maximum absolute atomic E-state index is 4.52. The van der Waals surface area contributed by atoms with Gasteiger partial charge in [-0.1, -0.05) is 13.0 Å². The predicted octanol–water partition coefficient (Wildman–Crippen LogP) is 2.69. The maximum Gasteiger partial charge on any atom is 0.127 e. The second kappa shape index (κ2) is 5.50. The van der Waals surface area contributed by atoms with Crippen molar-refractivity contribution in [1.82, 2.24) is 9.88 Å². The highest BCUT2D eigenvalue weighted by molar-refractivity contribution is 5.37. The molecule has 1 saturated heterocycles. The van der Waals surface area contributed by atoms with Gasteiger partial charge in [0.2, 0.25) is 0 Å². The van der Waals surface area contributed by atoms with Crippen molar-refractivity contribution >= 4 is 5.82 Å². The molecule has 1 aliphatic heterocycles. The van der Waals surface area contributed by atoms with Crippen LogP contribution in [0.1, 0.15) is 37.8 Å². The molecule has 1 aromatic heterocycles. The molecule has 0 bridgehead atoms. The third kappa shape index (κ3) is 2.78. The Hall–Kier alpha value is -1.09. The molecule has 1 aliphatic rings. The van der Waals surface area contributed by atoms with Gasteiger partial charge in [0.25, 0.3) is 0 Å². The minimum absolute atomic E-state index is 0.596. The normalized spacial score (nSPS) is 20.8. The Morgan fingerprint density at radius 1 is 1.41 bits per heavy atom. The van der Waals surface area contributed by atoms with Crippen LogP contribution in [-0.4, -0.2) is 37.1 Å². The summed E-state index contributed by atoms with van der Waals surface area (Å²) in [5.41, 5.74) is 1.38. The van der Waals surface area contributed by atoms with E-state index in [9.17, 15) is 0 Å². The van der Waals surface area contributed by atoms with Gasteiger partial charge in [0.1, 0.15) is 5.82 Å². The van der Waals surface area contributed by atoms with Crippen LogP contribution in [-0.2, 0) is 0 Å². The van der Waals surface area contributed by atoms with Crippen molar-refractivity contribution in [2.75, 3.05) is 32.1 Å². The highest BCUT2D eigenvalue weighted by atomic mass is 15.2. The molecule has 1 fully saturated rings. The lowest BCUT2D eigenvalue weighted by molar-refractivity contribution is 0.257. The molecule has 0 amide bonds. The Morgan fingerprint density at radius 3 is 2.82 bits per heavy atom. The molecular formula is C14H23N3. The average Bonchev–Trinajstić information content (AvgIpc) is 2.78. The average molecular weight is 233 g/mol. The molecule has 1 atom stereocenters. The van der Waals surface area contributed by atoms with Crippen LogP contribution in [0, 0.1) is 0 Å². The van der Waals surface area contributed by atoms with Gasteiger partial charge in [-0.25, -0.2) is 4.98 Å². The van der Waals surface area contributed by atoms with Crippen LogP contribution in [0.2, 0.25) is 0 Å². The van der Waals surface area contributed by atoms with Crippen LogP contribution in [0.4, 0.5) is 5.82 Å². The molecule has 0 saturated carbocycles. The van der Waals surface area contributed by atoms with Gasteiger partial charge in [0.15, 0.2) is 0 Å². The number of likely N-dealkylation sites (tertiary alicyclic amines) is 1. The summed E-state index contributed by atoms with van der Waals surface area (Å²) in [5.74, 6) is 1.04. The van der Waals surface area contributed by atoms with E-state index in [-0.39, 0.29) is 0 Å². The summed E-state index contributed by atoms with van der Waals surface area (Å²) in [5, 5.41) is 0. The van der Waals surface area contributed by atoms with Crippen LogP contribution in [0.3, 0.4) is 0 Å². The quantitative estimate of drug-likeness (QED) is 0.797. The fourth-order valence-electron chi connectivity index (χ4n) is 2.62. The van der Waals surface area contributed by atoms with Crippen molar-refractivity contribution in [2.24, 2.45) is 0 Å². The fraction of sp³-hybridized carbons (Fsp3) is 0.643. The van der Waals surface area contributed by atoms with Gasteiger partial charge in [-0.05, 0) is 44.0 Å². The highest BCUT2D eigenvalue weighted by Gasteiger charge is 2.25. The molecule has 3 nitrogen and oxygen atoms in total. The van der Waals surface area contributed by atoms with E-state index >= 15 is 0 Å². The summed E-state index contributed by atoms with van der Waals surface area (Å²) in [6, 6.07) is 4.96. The van der Waals surface area contributed by atoms with E-state index < -0.39 is 0 Å². The van der Waals surface area contributed by atoms with E-state index in [1.807, 2.05) is 25.2 Å². The van der Waals surface area contributed by atoms with Gasteiger partial charge in [-0.15, -0.1) is 0 Å². The Morgan fingerprint density at radius 2 is 2.24 bits per heavy atom. The number of hydrogen-bond donors (Lipinski definition) is 0. The number of anilines is 1. The largest absolute Gasteiger partial charge is 0.363 e. The Bertz CT molecular complexity index is 345. The molecule has 94 valence electrons. The Balaban J connectivity index is 2.10. The summed E-state index contributed by atoms with van der Waals surface area (Å²) >= 11 is 0. The van der Waals surface area contributed by atoms with Gasteiger partial charge in [0.05, 0.1) is 0 Å². The molecule has 0 spiro atoms. The van der Waals surface area contributed by atoms with Crippen molar-refractivity contribution in [3.8, 4) is 0 Å². The van der Waals surface area contributed by atoms with Gasteiger partial charge >= 0.3 is 0 Å². The van der Waals surface area contributed by atoms with Gasteiger partial charge in [0, 0.05) is 26.3 Å². The van der Waals surface area contributed by atoms with Crippen molar-refractivity contribution in [3.05, 3.63) is 23.9 Å². The first-order chi connectivity index (χ1) is 8.22. The molecule has 1 aromatic rings. The Labute approximate surface area is 104 Å². The standard InChI is InChI=1S/C14H23N3/c1-4-9-17-10-5-6-13(17)12-7-8-14(15-11-12)16(2)3/h7-8,11,13H,4-6,9-10H2,1-3H3/t13-/m1/s1. The minimum atomic E-state index is 0.596. The summed E-state index contributed by atoms with van der Waals surface area (Å²) in [7, 11) is 4.06. The summed E-state index contributed by atoms with van der Waals surface area (Å²) < 4.78 is 0. The predicted molar refractivity (Wildman–Crippen MR) is 72.4 cm³/mol. The fourth-order valence-corrected chi connectivity index (χ4v) is 2.62. The highest BCUT2D eigenvalue weighted by Crippen LogP contribution is 2.31. The lowest BCUT2D eigenvalue weighted by atomic mass is 10.1. The summed E-state index contributed by atoms with van der Waals surface area (Å²) in [6.07, 6.45) is 5.89. The monoisotopic (exact) mass is 233 g/mol. The van der Waals surface area contributed by atoms with Crippen LogP contribution in [0.25, 0.3) is 0 Å². The van der Waals surface area contributed by atoms with Crippen LogP contribution < -0.4 is 4.90 Å². The number of pyridine rings is 1. The zero-order chi connectivity index (χ0) is 12.3. The molecule has 0 aliphatic carbocycles. The van der Waals surface area contributed by atoms with Crippen molar-refractivity contribution in [2.45, 2.75) is 32.2 Å². The van der Waals surface area contributed by atoms with E-state index in [0.717, 1.165) is 5.82 Å². The van der Waals surface area contributed by atoms with E-state index in [4.69, 9.17) is 0 Å². The molecule has 0 radical (unpaired) electrons. The first kappa shape index (κ1) is 12.4. The van der Waals surface area contributed by atoms with Crippen LogP contribution >= 0.6 is 0 Å². The zero-order valence-corrected chi connectivity index (χ0v) is 11.2. The number of rotatable bonds is 4. The lowest BCUT2D eigenvalue weighted by Gasteiger charge is -2.24. The van der Waals surface area contributed by atoms with Crippen molar-refractivity contribution < 1.29 is 0 Å². The van der Waals surface area contributed by atoms with E-state index in [1.165, 1.54) is 37.9 Å². The molecule has 17 heavy (non-hydrogen) atoms. The molecule has 2 rings (SSSR count).